The van der Waals surface area contributed by atoms with E-state index >= 15 is 0 Å². The molecule has 88 valence electrons. The van der Waals surface area contributed by atoms with E-state index in [0.29, 0.717) is 6.07 Å². The fraction of sp³-hybridized carbons (Fsp3) is 0.250. The average Bonchev–Trinajstić information content (AvgIpc) is 2.15. The van der Waals surface area contributed by atoms with Crippen molar-refractivity contribution >= 4 is 5.69 Å². The standard InChI is InChI=1S/C8H4F5NO2/c9-7(10)4-1-5(8(11,12)13)3-6(2-4)14(15)16/h1-3,7H. The highest BCUT2D eigenvalue weighted by Gasteiger charge is 2.33. The molecule has 0 atom stereocenters. The summed E-state index contributed by atoms with van der Waals surface area (Å²) in [5, 5.41) is 10.2. The van der Waals surface area contributed by atoms with E-state index in [1.807, 2.05) is 0 Å². The van der Waals surface area contributed by atoms with E-state index in [1.54, 1.807) is 0 Å². The Bertz CT molecular complexity index is 415. The molecule has 1 aromatic carbocycles. The molecule has 0 aliphatic heterocycles. The van der Waals surface area contributed by atoms with Crippen molar-refractivity contribution in [3.63, 3.8) is 0 Å². The maximum atomic E-state index is 12.2. The van der Waals surface area contributed by atoms with Crippen molar-refractivity contribution in [3.05, 3.63) is 39.4 Å². The lowest BCUT2D eigenvalue weighted by molar-refractivity contribution is -0.385. The molecular weight excluding hydrogens is 237 g/mol. The summed E-state index contributed by atoms with van der Waals surface area (Å²) in [4.78, 5) is 9.10. The van der Waals surface area contributed by atoms with Gasteiger partial charge in [0.25, 0.3) is 12.1 Å². The summed E-state index contributed by atoms with van der Waals surface area (Å²) in [6.07, 6.45) is -8.09. The maximum absolute atomic E-state index is 12.2. The van der Waals surface area contributed by atoms with E-state index in [-0.39, 0.29) is 12.1 Å². The fourth-order valence-corrected chi connectivity index (χ4v) is 1.03. The van der Waals surface area contributed by atoms with Gasteiger partial charge in [0.15, 0.2) is 0 Å². The number of nitrogens with zero attached hydrogens (tertiary/aromatic N) is 1. The summed E-state index contributed by atoms with van der Waals surface area (Å²) < 4.78 is 61.0. The lowest BCUT2D eigenvalue weighted by Gasteiger charge is -2.08. The van der Waals surface area contributed by atoms with E-state index in [1.165, 1.54) is 0 Å². The van der Waals surface area contributed by atoms with E-state index in [4.69, 9.17) is 0 Å². The molecule has 1 aromatic rings. The minimum absolute atomic E-state index is 0.192. The average molecular weight is 241 g/mol. The number of hydrogen-bond acceptors (Lipinski definition) is 2. The number of nitro groups is 1. The van der Waals surface area contributed by atoms with Gasteiger partial charge >= 0.3 is 6.18 Å². The van der Waals surface area contributed by atoms with Gasteiger partial charge in [-0.1, -0.05) is 0 Å². The van der Waals surface area contributed by atoms with Crippen molar-refractivity contribution in [2.45, 2.75) is 12.6 Å². The summed E-state index contributed by atoms with van der Waals surface area (Å²) in [5.41, 5.74) is -3.50. The third-order valence-corrected chi connectivity index (χ3v) is 1.73. The molecule has 16 heavy (non-hydrogen) atoms. The molecular formula is C8H4F5NO2. The van der Waals surface area contributed by atoms with Gasteiger partial charge in [0, 0.05) is 17.7 Å². The zero-order chi connectivity index (χ0) is 12.5. The Hall–Kier alpha value is -1.73. The van der Waals surface area contributed by atoms with Crippen molar-refractivity contribution < 1.29 is 26.9 Å². The molecule has 0 heterocycles. The molecule has 3 nitrogen and oxygen atoms in total. The van der Waals surface area contributed by atoms with Crippen LogP contribution in [0.2, 0.25) is 0 Å². The Morgan fingerprint density at radius 1 is 1.19 bits per heavy atom. The third-order valence-electron chi connectivity index (χ3n) is 1.73. The predicted molar refractivity (Wildman–Crippen MR) is 43.1 cm³/mol. The molecule has 8 heteroatoms. The Balaban J connectivity index is 3.36. The topological polar surface area (TPSA) is 43.1 Å². The molecule has 0 spiro atoms. The summed E-state index contributed by atoms with van der Waals surface area (Å²) in [6.45, 7) is 0. The lowest BCUT2D eigenvalue weighted by atomic mass is 10.1. The molecule has 0 aromatic heterocycles. The highest BCUT2D eigenvalue weighted by molar-refractivity contribution is 5.41. The molecule has 0 amide bonds. The highest BCUT2D eigenvalue weighted by Crippen LogP contribution is 2.34. The van der Waals surface area contributed by atoms with Gasteiger partial charge in [0.2, 0.25) is 0 Å². The number of benzene rings is 1. The zero-order valence-corrected chi connectivity index (χ0v) is 7.46. The Labute approximate surface area is 85.6 Å². The van der Waals surface area contributed by atoms with Gasteiger partial charge in [-0.25, -0.2) is 8.78 Å². The van der Waals surface area contributed by atoms with Crippen LogP contribution in [0.1, 0.15) is 17.6 Å². The first kappa shape index (κ1) is 12.3. The van der Waals surface area contributed by atoms with Crippen LogP contribution in [0.4, 0.5) is 27.6 Å². The molecule has 0 saturated carbocycles. The van der Waals surface area contributed by atoms with Gasteiger partial charge < -0.3 is 0 Å². The summed E-state index contributed by atoms with van der Waals surface area (Å²) in [6, 6.07) is 0.823. The van der Waals surface area contributed by atoms with Gasteiger partial charge in [-0.05, 0) is 6.07 Å². The second kappa shape index (κ2) is 4.03. The number of hydrogen-bond donors (Lipinski definition) is 0. The molecule has 0 aliphatic rings. The molecule has 0 unspecified atom stereocenters. The number of alkyl halides is 5. The highest BCUT2D eigenvalue weighted by atomic mass is 19.4. The third kappa shape index (κ3) is 2.65. The first-order valence-corrected chi connectivity index (χ1v) is 3.86. The smallest absolute Gasteiger partial charge is 0.258 e. The summed E-state index contributed by atoms with van der Waals surface area (Å²) in [5.74, 6) is 0. The monoisotopic (exact) mass is 241 g/mol. The second-order valence-corrected chi connectivity index (χ2v) is 2.87. The van der Waals surface area contributed by atoms with E-state index in [2.05, 4.69) is 0 Å². The quantitative estimate of drug-likeness (QED) is 0.451. The van der Waals surface area contributed by atoms with Crippen LogP contribution in [-0.4, -0.2) is 4.92 Å². The predicted octanol–water partition coefficient (Wildman–Crippen LogP) is 3.55. The van der Waals surface area contributed by atoms with E-state index in [9.17, 15) is 32.1 Å². The molecule has 0 aliphatic carbocycles. The molecule has 1 rings (SSSR count). The van der Waals surface area contributed by atoms with Crippen molar-refractivity contribution in [2.75, 3.05) is 0 Å². The zero-order valence-electron chi connectivity index (χ0n) is 7.46. The molecule has 0 N–H and O–H groups in total. The second-order valence-electron chi connectivity index (χ2n) is 2.87. The minimum atomic E-state index is -4.89. The van der Waals surface area contributed by atoms with Gasteiger partial charge in [0.05, 0.1) is 10.5 Å². The van der Waals surface area contributed by atoms with Crippen LogP contribution in [0, 0.1) is 10.1 Å². The first-order chi connectivity index (χ1) is 7.21. The molecule has 0 bridgehead atoms. The van der Waals surface area contributed by atoms with Crippen LogP contribution >= 0.6 is 0 Å². The SMILES string of the molecule is O=[N+]([O-])c1cc(C(F)F)cc(C(F)(F)F)c1. The van der Waals surface area contributed by atoms with Crippen molar-refractivity contribution in [1.82, 2.24) is 0 Å². The molecule has 0 fully saturated rings. The van der Waals surface area contributed by atoms with Gasteiger partial charge in [0.1, 0.15) is 0 Å². The van der Waals surface area contributed by atoms with Crippen LogP contribution in [0.15, 0.2) is 18.2 Å². The van der Waals surface area contributed by atoms with Gasteiger partial charge in [-0.15, -0.1) is 0 Å². The molecule has 0 saturated heterocycles. The fourth-order valence-electron chi connectivity index (χ4n) is 1.03. The number of non-ortho nitro benzene ring substituents is 1. The largest absolute Gasteiger partial charge is 0.416 e. The van der Waals surface area contributed by atoms with E-state index < -0.39 is 34.3 Å². The van der Waals surface area contributed by atoms with Crippen LogP contribution in [0.5, 0.6) is 0 Å². The number of rotatable bonds is 2. The summed E-state index contributed by atoms with van der Waals surface area (Å²) >= 11 is 0. The number of halogens is 5. The van der Waals surface area contributed by atoms with Gasteiger partial charge in [-0.2, -0.15) is 13.2 Å². The van der Waals surface area contributed by atoms with E-state index in [0.717, 1.165) is 0 Å². The first-order valence-electron chi connectivity index (χ1n) is 3.86. The van der Waals surface area contributed by atoms with Crippen LogP contribution in [0.3, 0.4) is 0 Å². The van der Waals surface area contributed by atoms with Crippen molar-refractivity contribution in [2.24, 2.45) is 0 Å². The minimum Gasteiger partial charge on any atom is -0.258 e. The van der Waals surface area contributed by atoms with Crippen LogP contribution in [-0.2, 0) is 6.18 Å². The summed E-state index contributed by atoms with van der Waals surface area (Å²) in [7, 11) is 0. The number of nitro benzene ring substituents is 1. The normalized spacial score (nSPS) is 11.9. The van der Waals surface area contributed by atoms with Crippen molar-refractivity contribution in [1.29, 1.82) is 0 Å². The lowest BCUT2D eigenvalue weighted by Crippen LogP contribution is -2.07. The Morgan fingerprint density at radius 2 is 1.75 bits per heavy atom. The van der Waals surface area contributed by atoms with Crippen molar-refractivity contribution in [3.8, 4) is 0 Å². The maximum Gasteiger partial charge on any atom is 0.416 e. The van der Waals surface area contributed by atoms with Crippen LogP contribution in [0.25, 0.3) is 0 Å². The molecule has 0 radical (unpaired) electrons. The van der Waals surface area contributed by atoms with Gasteiger partial charge in [-0.3, -0.25) is 10.1 Å². The Kier molecular flexibility index (Phi) is 3.11. The Morgan fingerprint density at radius 3 is 2.12 bits per heavy atom. The van der Waals surface area contributed by atoms with Crippen LogP contribution < -0.4 is 0 Å².